The normalized spacial score (nSPS) is 10.3. The topological polar surface area (TPSA) is 42.4 Å². The van der Waals surface area contributed by atoms with E-state index >= 15 is 0 Å². The van der Waals surface area contributed by atoms with E-state index in [0.717, 1.165) is 0 Å². The highest BCUT2D eigenvalue weighted by Gasteiger charge is 2.13. The van der Waals surface area contributed by atoms with Gasteiger partial charge in [0.2, 0.25) is 0 Å². The Kier molecular flexibility index (Phi) is 5.72. The second-order valence-corrected chi connectivity index (χ2v) is 5.18. The van der Waals surface area contributed by atoms with E-state index in [1.807, 2.05) is 0 Å². The van der Waals surface area contributed by atoms with Gasteiger partial charge in [0.05, 0.1) is 6.61 Å². The minimum absolute atomic E-state index is 0.190. The Bertz CT molecular complexity index is 634. The highest BCUT2D eigenvalue weighted by Crippen LogP contribution is 2.12. The quantitative estimate of drug-likeness (QED) is 0.765. The minimum Gasteiger partial charge on any atom is -0.494 e. The molecule has 0 aliphatic rings. The van der Waals surface area contributed by atoms with Gasteiger partial charge in [0.1, 0.15) is 17.3 Å². The first-order chi connectivity index (χ1) is 10.6. The zero-order valence-electron chi connectivity index (χ0n) is 12.1. The Morgan fingerprint density at radius 2 is 2.05 bits per heavy atom. The molecule has 4 nitrogen and oxygen atoms in total. The summed E-state index contributed by atoms with van der Waals surface area (Å²) in [5, 5.41) is 0.478. The van der Waals surface area contributed by atoms with Crippen LogP contribution in [0.4, 0.5) is 4.39 Å². The molecule has 22 heavy (non-hydrogen) atoms. The molecule has 0 spiro atoms. The van der Waals surface area contributed by atoms with Crippen LogP contribution in [0.2, 0.25) is 5.02 Å². The van der Waals surface area contributed by atoms with Gasteiger partial charge in [-0.2, -0.15) is 0 Å². The van der Waals surface area contributed by atoms with Gasteiger partial charge < -0.3 is 9.64 Å². The van der Waals surface area contributed by atoms with E-state index in [4.69, 9.17) is 16.3 Å². The number of hydrogen-bond acceptors (Lipinski definition) is 3. The number of aromatic nitrogens is 1. The smallest absolute Gasteiger partial charge is 0.272 e. The van der Waals surface area contributed by atoms with E-state index in [-0.39, 0.29) is 11.7 Å². The van der Waals surface area contributed by atoms with Crippen molar-refractivity contribution in [2.24, 2.45) is 0 Å². The second kappa shape index (κ2) is 7.75. The number of hydrogen-bond donors (Lipinski definition) is 0. The third kappa shape index (κ3) is 4.70. The number of pyridine rings is 1. The zero-order valence-corrected chi connectivity index (χ0v) is 12.9. The van der Waals surface area contributed by atoms with Gasteiger partial charge in [-0.15, -0.1) is 0 Å². The molecule has 0 N–H and O–H groups in total. The lowest BCUT2D eigenvalue weighted by molar-refractivity contribution is 0.0782. The Morgan fingerprint density at radius 1 is 1.32 bits per heavy atom. The fourth-order valence-corrected chi connectivity index (χ4v) is 2.00. The molecule has 0 saturated heterocycles. The number of nitrogens with zero attached hydrogens (tertiary/aromatic N) is 2. The summed E-state index contributed by atoms with van der Waals surface area (Å²) in [5.41, 5.74) is 0.314. The molecule has 0 fully saturated rings. The van der Waals surface area contributed by atoms with Crippen molar-refractivity contribution in [3.8, 4) is 5.75 Å². The summed E-state index contributed by atoms with van der Waals surface area (Å²) in [5.74, 6) is 0.114. The van der Waals surface area contributed by atoms with Crippen LogP contribution in [0.5, 0.6) is 5.75 Å². The SMILES string of the molecule is CN(CCCOc1ccc(F)cc1)C(=O)c1cc(Cl)ccn1. The third-order valence-electron chi connectivity index (χ3n) is 3.01. The van der Waals surface area contributed by atoms with Crippen molar-refractivity contribution in [2.45, 2.75) is 6.42 Å². The second-order valence-electron chi connectivity index (χ2n) is 4.74. The van der Waals surface area contributed by atoms with Crippen molar-refractivity contribution in [1.82, 2.24) is 9.88 Å². The largest absolute Gasteiger partial charge is 0.494 e. The van der Waals surface area contributed by atoms with Gasteiger partial charge in [-0.05, 0) is 42.8 Å². The van der Waals surface area contributed by atoms with Crippen LogP contribution in [0.3, 0.4) is 0 Å². The first-order valence-corrected chi connectivity index (χ1v) is 7.19. The molecule has 116 valence electrons. The van der Waals surface area contributed by atoms with E-state index in [1.165, 1.54) is 24.4 Å². The van der Waals surface area contributed by atoms with E-state index in [9.17, 15) is 9.18 Å². The molecule has 1 aromatic carbocycles. The summed E-state index contributed by atoms with van der Waals surface area (Å²) in [6.07, 6.45) is 2.15. The standard InChI is InChI=1S/C16H16ClFN2O2/c1-20(16(21)15-11-12(17)7-8-19-15)9-2-10-22-14-5-3-13(18)4-6-14/h3-8,11H,2,9-10H2,1H3. The van der Waals surface area contributed by atoms with Crippen LogP contribution >= 0.6 is 11.6 Å². The van der Waals surface area contributed by atoms with Crippen LogP contribution in [0, 0.1) is 5.82 Å². The maximum absolute atomic E-state index is 12.7. The molecule has 2 rings (SSSR count). The first kappa shape index (κ1) is 16.2. The maximum atomic E-state index is 12.7. The van der Waals surface area contributed by atoms with Crippen molar-refractivity contribution in [3.05, 3.63) is 59.1 Å². The van der Waals surface area contributed by atoms with Gasteiger partial charge in [-0.1, -0.05) is 11.6 Å². The highest BCUT2D eigenvalue weighted by molar-refractivity contribution is 6.30. The zero-order chi connectivity index (χ0) is 15.9. The molecular weight excluding hydrogens is 307 g/mol. The lowest BCUT2D eigenvalue weighted by Crippen LogP contribution is -2.29. The number of carbonyl (C=O) groups is 1. The Hall–Kier alpha value is -2.14. The van der Waals surface area contributed by atoms with Crippen LogP contribution in [0.25, 0.3) is 0 Å². The molecule has 0 aliphatic carbocycles. The maximum Gasteiger partial charge on any atom is 0.272 e. The van der Waals surface area contributed by atoms with Crippen molar-refractivity contribution in [1.29, 1.82) is 0 Å². The summed E-state index contributed by atoms with van der Waals surface area (Å²) >= 11 is 5.84. The van der Waals surface area contributed by atoms with E-state index in [2.05, 4.69) is 4.98 Å². The molecule has 0 saturated carbocycles. The van der Waals surface area contributed by atoms with Crippen molar-refractivity contribution >= 4 is 17.5 Å². The number of halogens is 2. The number of benzene rings is 1. The van der Waals surface area contributed by atoms with Gasteiger partial charge in [-0.3, -0.25) is 9.78 Å². The molecule has 0 radical (unpaired) electrons. The molecule has 1 amide bonds. The fraction of sp³-hybridized carbons (Fsp3) is 0.250. The van der Waals surface area contributed by atoms with Gasteiger partial charge in [0.25, 0.3) is 5.91 Å². The molecule has 6 heteroatoms. The summed E-state index contributed by atoms with van der Waals surface area (Å²) in [4.78, 5) is 17.7. The molecule has 0 atom stereocenters. The molecule has 1 aromatic heterocycles. The summed E-state index contributed by atoms with van der Waals surface area (Å²) in [6, 6.07) is 8.98. The van der Waals surface area contributed by atoms with Gasteiger partial charge in [-0.25, -0.2) is 4.39 Å². The molecular formula is C16H16ClFN2O2. The molecule has 0 aliphatic heterocycles. The van der Waals surface area contributed by atoms with Crippen LogP contribution in [-0.4, -0.2) is 36.0 Å². The van der Waals surface area contributed by atoms with E-state index in [0.29, 0.717) is 36.0 Å². The van der Waals surface area contributed by atoms with Crippen LogP contribution in [-0.2, 0) is 0 Å². The molecule has 0 unspecified atom stereocenters. The summed E-state index contributed by atoms with van der Waals surface area (Å²) < 4.78 is 18.2. The third-order valence-corrected chi connectivity index (χ3v) is 3.24. The van der Waals surface area contributed by atoms with Gasteiger partial charge in [0.15, 0.2) is 0 Å². The van der Waals surface area contributed by atoms with Crippen molar-refractivity contribution in [3.63, 3.8) is 0 Å². The first-order valence-electron chi connectivity index (χ1n) is 6.81. The summed E-state index contributed by atoms with van der Waals surface area (Å²) in [6.45, 7) is 0.959. The number of amides is 1. The number of ether oxygens (including phenoxy) is 1. The lowest BCUT2D eigenvalue weighted by atomic mass is 10.3. The van der Waals surface area contributed by atoms with E-state index < -0.39 is 0 Å². The van der Waals surface area contributed by atoms with Crippen LogP contribution in [0.1, 0.15) is 16.9 Å². The molecule has 0 bridgehead atoms. The highest BCUT2D eigenvalue weighted by atomic mass is 35.5. The van der Waals surface area contributed by atoms with Gasteiger partial charge in [0, 0.05) is 24.8 Å². The average molecular weight is 323 g/mol. The van der Waals surface area contributed by atoms with Crippen molar-refractivity contribution in [2.75, 3.05) is 20.2 Å². The van der Waals surface area contributed by atoms with Crippen LogP contribution in [0.15, 0.2) is 42.6 Å². The monoisotopic (exact) mass is 322 g/mol. The van der Waals surface area contributed by atoms with Gasteiger partial charge >= 0.3 is 0 Å². The van der Waals surface area contributed by atoms with Crippen molar-refractivity contribution < 1.29 is 13.9 Å². The van der Waals surface area contributed by atoms with Crippen LogP contribution < -0.4 is 4.74 Å². The van der Waals surface area contributed by atoms with E-state index in [1.54, 1.807) is 30.1 Å². The Labute approximate surface area is 133 Å². The number of carbonyl (C=O) groups excluding carboxylic acids is 1. The molecule has 1 heterocycles. The summed E-state index contributed by atoms with van der Waals surface area (Å²) in [7, 11) is 1.70. The lowest BCUT2D eigenvalue weighted by Gasteiger charge is -2.16. The predicted octanol–water partition coefficient (Wildman–Crippen LogP) is 3.42. The Balaban J connectivity index is 1.76. The Morgan fingerprint density at radius 3 is 2.73 bits per heavy atom. The predicted molar refractivity (Wildman–Crippen MR) is 82.7 cm³/mol. The minimum atomic E-state index is -0.299. The molecule has 2 aromatic rings. The fourth-order valence-electron chi connectivity index (χ4n) is 1.84. The average Bonchev–Trinajstić information content (AvgIpc) is 2.52. The number of rotatable bonds is 6.